The monoisotopic (exact) mass is 280 g/mol. The Morgan fingerprint density at radius 1 is 1.21 bits per heavy atom. The minimum atomic E-state index is -3.68. The van der Waals surface area contributed by atoms with Gasteiger partial charge < -0.3 is 10.1 Å². The van der Waals surface area contributed by atoms with Gasteiger partial charge in [-0.05, 0) is 24.3 Å². The average Bonchev–Trinajstić information content (AvgIpc) is 2.38. The van der Waals surface area contributed by atoms with Crippen LogP contribution in [0, 0.1) is 0 Å². The van der Waals surface area contributed by atoms with Gasteiger partial charge in [0.2, 0.25) is 21.9 Å². The highest BCUT2D eigenvalue weighted by Crippen LogP contribution is 2.17. The van der Waals surface area contributed by atoms with E-state index in [9.17, 15) is 8.42 Å². The molecule has 3 N–H and O–H groups in total. The second-order valence-electron chi connectivity index (χ2n) is 3.62. The van der Waals surface area contributed by atoms with E-state index in [0.29, 0.717) is 17.5 Å². The summed E-state index contributed by atoms with van der Waals surface area (Å²) in [4.78, 5) is 8.12. The van der Waals surface area contributed by atoms with Crippen molar-refractivity contribution in [3.8, 4) is 5.88 Å². The fraction of sp³-hybridized carbons (Fsp3) is 0.0909. The lowest BCUT2D eigenvalue weighted by Crippen LogP contribution is -2.11. The van der Waals surface area contributed by atoms with Crippen LogP contribution in [0.25, 0.3) is 0 Å². The third-order valence-corrected chi connectivity index (χ3v) is 3.21. The molecule has 0 aliphatic heterocycles. The molecule has 0 amide bonds. The molecular weight excluding hydrogens is 268 g/mol. The summed E-state index contributed by atoms with van der Waals surface area (Å²) in [7, 11) is -2.18. The predicted octanol–water partition coefficient (Wildman–Crippen LogP) is 0.876. The number of hydrogen-bond acceptors (Lipinski definition) is 6. The van der Waals surface area contributed by atoms with Crippen molar-refractivity contribution in [2.45, 2.75) is 4.90 Å². The van der Waals surface area contributed by atoms with Crippen molar-refractivity contribution < 1.29 is 13.2 Å². The Morgan fingerprint density at radius 3 is 2.47 bits per heavy atom. The molecule has 8 heteroatoms. The summed E-state index contributed by atoms with van der Waals surface area (Å²) in [6.45, 7) is 0. The van der Waals surface area contributed by atoms with Crippen LogP contribution in [0.4, 0.5) is 11.6 Å². The number of aromatic nitrogens is 2. The Morgan fingerprint density at radius 2 is 1.89 bits per heavy atom. The van der Waals surface area contributed by atoms with Crippen LogP contribution in [0.5, 0.6) is 5.88 Å². The number of ether oxygens (including phenoxy) is 1. The molecule has 0 spiro atoms. The van der Waals surface area contributed by atoms with E-state index in [1.165, 1.54) is 19.2 Å². The molecule has 2 aromatic rings. The summed E-state index contributed by atoms with van der Waals surface area (Å²) in [5.41, 5.74) is 0.639. The van der Waals surface area contributed by atoms with Gasteiger partial charge in [0.05, 0.1) is 12.0 Å². The molecular formula is C11H12N4O3S. The highest BCUT2D eigenvalue weighted by molar-refractivity contribution is 7.89. The Hall–Kier alpha value is -2.19. The van der Waals surface area contributed by atoms with Gasteiger partial charge >= 0.3 is 0 Å². The zero-order chi connectivity index (χ0) is 13.9. The van der Waals surface area contributed by atoms with E-state index >= 15 is 0 Å². The molecule has 100 valence electrons. The summed E-state index contributed by atoms with van der Waals surface area (Å²) >= 11 is 0. The molecule has 0 bridgehead atoms. The Kier molecular flexibility index (Phi) is 3.63. The lowest BCUT2D eigenvalue weighted by atomic mass is 10.3. The molecule has 0 aliphatic carbocycles. The van der Waals surface area contributed by atoms with Crippen LogP contribution >= 0.6 is 0 Å². The third kappa shape index (κ3) is 3.39. The molecule has 0 saturated carbocycles. The fourth-order valence-electron chi connectivity index (χ4n) is 1.37. The van der Waals surface area contributed by atoms with Gasteiger partial charge in [-0.2, -0.15) is 4.98 Å². The van der Waals surface area contributed by atoms with E-state index in [4.69, 9.17) is 9.88 Å². The zero-order valence-electron chi connectivity index (χ0n) is 10.1. The summed E-state index contributed by atoms with van der Waals surface area (Å²) in [6.07, 6.45) is 1.55. The number of nitrogens with two attached hydrogens (primary N) is 1. The molecule has 2 rings (SSSR count). The number of methoxy groups -OCH3 is 1. The minimum absolute atomic E-state index is 0.0459. The highest BCUT2D eigenvalue weighted by Gasteiger charge is 2.07. The number of nitrogens with one attached hydrogen (secondary N) is 1. The van der Waals surface area contributed by atoms with Crippen molar-refractivity contribution in [3.63, 3.8) is 0 Å². The summed E-state index contributed by atoms with van der Waals surface area (Å²) < 4.78 is 27.2. The topological polar surface area (TPSA) is 107 Å². The number of hydrogen-bond donors (Lipinski definition) is 2. The third-order valence-electron chi connectivity index (χ3n) is 2.28. The maximum atomic E-state index is 11.1. The van der Waals surface area contributed by atoms with Gasteiger partial charge in [0.1, 0.15) is 0 Å². The van der Waals surface area contributed by atoms with E-state index in [0.717, 1.165) is 0 Å². The standard InChI is InChI=1S/C11H12N4O3S/c1-18-10-6-7-13-11(15-10)14-8-2-4-9(5-3-8)19(12,16)17/h2-7H,1H3,(H2,12,16,17)(H,13,14,15). The summed E-state index contributed by atoms with van der Waals surface area (Å²) in [6, 6.07) is 7.57. The molecule has 1 aromatic carbocycles. The largest absolute Gasteiger partial charge is 0.481 e. The maximum absolute atomic E-state index is 11.1. The number of nitrogens with zero attached hydrogens (tertiary/aromatic N) is 2. The van der Waals surface area contributed by atoms with Crippen LogP contribution in [0.2, 0.25) is 0 Å². The first kappa shape index (κ1) is 13.2. The van der Waals surface area contributed by atoms with Crippen molar-refractivity contribution in [3.05, 3.63) is 36.5 Å². The molecule has 0 radical (unpaired) electrons. The number of primary sulfonamides is 1. The molecule has 1 aromatic heterocycles. The smallest absolute Gasteiger partial charge is 0.238 e. The van der Waals surface area contributed by atoms with E-state index in [1.54, 1.807) is 24.4 Å². The first-order valence-electron chi connectivity index (χ1n) is 5.26. The van der Waals surface area contributed by atoms with Crippen LogP contribution in [0.3, 0.4) is 0 Å². The Bertz CT molecular complexity index is 671. The van der Waals surface area contributed by atoms with Gasteiger partial charge in [0.15, 0.2) is 0 Å². The number of sulfonamides is 1. The van der Waals surface area contributed by atoms with Crippen molar-refractivity contribution >= 4 is 21.7 Å². The Balaban J connectivity index is 2.19. The van der Waals surface area contributed by atoms with Gasteiger partial charge in [-0.25, -0.2) is 18.5 Å². The van der Waals surface area contributed by atoms with Crippen molar-refractivity contribution in [2.24, 2.45) is 5.14 Å². The first-order valence-corrected chi connectivity index (χ1v) is 6.80. The minimum Gasteiger partial charge on any atom is -0.481 e. The van der Waals surface area contributed by atoms with Crippen molar-refractivity contribution in [1.82, 2.24) is 9.97 Å². The molecule has 1 heterocycles. The van der Waals surface area contributed by atoms with E-state index in [2.05, 4.69) is 15.3 Å². The molecule has 0 fully saturated rings. The summed E-state index contributed by atoms with van der Waals surface area (Å²) in [5, 5.41) is 7.93. The van der Waals surface area contributed by atoms with Crippen LogP contribution in [0.15, 0.2) is 41.4 Å². The quantitative estimate of drug-likeness (QED) is 0.860. The second kappa shape index (κ2) is 5.21. The van der Waals surface area contributed by atoms with Crippen molar-refractivity contribution in [1.29, 1.82) is 0 Å². The predicted molar refractivity (Wildman–Crippen MR) is 69.7 cm³/mol. The normalized spacial score (nSPS) is 11.1. The van der Waals surface area contributed by atoms with Gasteiger partial charge in [-0.3, -0.25) is 0 Å². The molecule has 19 heavy (non-hydrogen) atoms. The second-order valence-corrected chi connectivity index (χ2v) is 5.18. The maximum Gasteiger partial charge on any atom is 0.238 e. The fourth-order valence-corrected chi connectivity index (χ4v) is 1.89. The van der Waals surface area contributed by atoms with E-state index < -0.39 is 10.0 Å². The number of anilines is 2. The van der Waals surface area contributed by atoms with Crippen LogP contribution in [-0.2, 0) is 10.0 Å². The molecule has 0 unspecified atom stereocenters. The van der Waals surface area contributed by atoms with Gasteiger partial charge in [-0.15, -0.1) is 0 Å². The number of rotatable bonds is 4. The number of benzene rings is 1. The molecule has 0 aliphatic rings. The molecule has 7 nitrogen and oxygen atoms in total. The summed E-state index contributed by atoms with van der Waals surface area (Å²) in [5.74, 6) is 0.779. The SMILES string of the molecule is COc1ccnc(Nc2ccc(S(N)(=O)=O)cc2)n1. The lowest BCUT2D eigenvalue weighted by Gasteiger charge is -2.06. The van der Waals surface area contributed by atoms with Crippen LogP contribution in [0.1, 0.15) is 0 Å². The van der Waals surface area contributed by atoms with E-state index in [1.807, 2.05) is 0 Å². The van der Waals surface area contributed by atoms with Crippen LogP contribution < -0.4 is 15.2 Å². The van der Waals surface area contributed by atoms with Crippen LogP contribution in [-0.4, -0.2) is 25.5 Å². The molecule has 0 atom stereocenters. The van der Waals surface area contributed by atoms with E-state index in [-0.39, 0.29) is 4.90 Å². The first-order chi connectivity index (χ1) is 8.99. The zero-order valence-corrected chi connectivity index (χ0v) is 10.9. The lowest BCUT2D eigenvalue weighted by molar-refractivity contribution is 0.397. The average molecular weight is 280 g/mol. The van der Waals surface area contributed by atoms with Crippen molar-refractivity contribution in [2.75, 3.05) is 12.4 Å². The van der Waals surface area contributed by atoms with Gasteiger partial charge in [0, 0.05) is 18.0 Å². The Labute approximate surface area is 110 Å². The highest BCUT2D eigenvalue weighted by atomic mass is 32.2. The van der Waals surface area contributed by atoms with Gasteiger partial charge in [0.25, 0.3) is 0 Å². The van der Waals surface area contributed by atoms with Gasteiger partial charge in [-0.1, -0.05) is 0 Å². The molecule has 0 saturated heterocycles.